The minimum atomic E-state index is 0.0213. The Morgan fingerprint density at radius 1 is 1.20 bits per heavy atom. The number of hydrogen-bond acceptors (Lipinski definition) is 3. The summed E-state index contributed by atoms with van der Waals surface area (Å²) in [5, 5.41) is 0.710. The second-order valence-electron chi connectivity index (χ2n) is 4.87. The predicted molar refractivity (Wildman–Crippen MR) is 81.9 cm³/mol. The summed E-state index contributed by atoms with van der Waals surface area (Å²) < 4.78 is 1.94. The van der Waals surface area contributed by atoms with Gasteiger partial charge in [0, 0.05) is 10.7 Å². The van der Waals surface area contributed by atoms with E-state index in [2.05, 4.69) is 16.9 Å². The van der Waals surface area contributed by atoms with Gasteiger partial charge in [-0.1, -0.05) is 23.7 Å². The van der Waals surface area contributed by atoms with Crippen LogP contribution in [0.1, 0.15) is 24.2 Å². The molecule has 0 saturated carbocycles. The van der Waals surface area contributed by atoms with Crippen LogP contribution in [0.3, 0.4) is 0 Å². The summed E-state index contributed by atoms with van der Waals surface area (Å²) >= 11 is 6.06. The molecule has 102 valence electrons. The van der Waals surface area contributed by atoms with Gasteiger partial charge in [-0.25, -0.2) is 9.97 Å². The SMILES string of the molecule is Cc1ccc2nc(N)n(C(C)c3cccc(Cl)c3)c2n1. The molecule has 20 heavy (non-hydrogen) atoms. The van der Waals surface area contributed by atoms with Gasteiger partial charge in [-0.2, -0.15) is 0 Å². The third kappa shape index (κ3) is 2.12. The van der Waals surface area contributed by atoms with Crippen LogP contribution in [0, 0.1) is 6.92 Å². The quantitative estimate of drug-likeness (QED) is 0.783. The number of halogens is 1. The van der Waals surface area contributed by atoms with Crippen LogP contribution in [0.5, 0.6) is 0 Å². The second-order valence-corrected chi connectivity index (χ2v) is 5.30. The van der Waals surface area contributed by atoms with Crippen molar-refractivity contribution in [3.63, 3.8) is 0 Å². The molecular weight excluding hydrogens is 272 g/mol. The Bertz CT molecular complexity index is 779. The molecule has 0 aliphatic heterocycles. The molecule has 5 heteroatoms. The zero-order valence-corrected chi connectivity index (χ0v) is 12.1. The highest BCUT2D eigenvalue weighted by Crippen LogP contribution is 2.27. The Kier molecular flexibility index (Phi) is 3.10. The van der Waals surface area contributed by atoms with Gasteiger partial charge in [-0.15, -0.1) is 0 Å². The van der Waals surface area contributed by atoms with Crippen molar-refractivity contribution in [2.45, 2.75) is 19.9 Å². The zero-order chi connectivity index (χ0) is 14.3. The van der Waals surface area contributed by atoms with E-state index in [0.717, 1.165) is 22.4 Å². The average molecular weight is 287 g/mol. The van der Waals surface area contributed by atoms with E-state index < -0.39 is 0 Å². The number of anilines is 1. The number of pyridine rings is 1. The first-order valence-electron chi connectivity index (χ1n) is 6.43. The van der Waals surface area contributed by atoms with Gasteiger partial charge in [0.15, 0.2) is 5.65 Å². The molecule has 0 spiro atoms. The maximum atomic E-state index is 6.06. The normalized spacial score (nSPS) is 12.8. The molecule has 3 aromatic rings. The van der Waals surface area contributed by atoms with Crippen molar-refractivity contribution in [3.05, 3.63) is 52.7 Å². The maximum absolute atomic E-state index is 6.06. The Labute approximate surface area is 122 Å². The van der Waals surface area contributed by atoms with Gasteiger partial charge in [0.1, 0.15) is 5.52 Å². The number of nitrogen functional groups attached to an aromatic ring is 1. The van der Waals surface area contributed by atoms with E-state index >= 15 is 0 Å². The van der Waals surface area contributed by atoms with Gasteiger partial charge in [0.25, 0.3) is 0 Å². The molecule has 1 unspecified atom stereocenters. The Morgan fingerprint density at radius 2 is 2.00 bits per heavy atom. The fourth-order valence-electron chi connectivity index (χ4n) is 2.38. The molecule has 3 rings (SSSR count). The van der Waals surface area contributed by atoms with Crippen LogP contribution in [0.25, 0.3) is 11.2 Å². The van der Waals surface area contributed by atoms with E-state index in [1.165, 1.54) is 0 Å². The van der Waals surface area contributed by atoms with Crippen LogP contribution < -0.4 is 5.73 Å². The number of nitrogens with two attached hydrogens (primary N) is 1. The summed E-state index contributed by atoms with van der Waals surface area (Å²) in [5.41, 5.74) is 9.68. The van der Waals surface area contributed by atoms with Crippen molar-refractivity contribution < 1.29 is 0 Å². The van der Waals surface area contributed by atoms with E-state index in [1.54, 1.807) is 0 Å². The topological polar surface area (TPSA) is 56.7 Å². The Balaban J connectivity index is 2.18. The summed E-state index contributed by atoms with van der Waals surface area (Å²) in [4.78, 5) is 8.92. The largest absolute Gasteiger partial charge is 0.369 e. The summed E-state index contributed by atoms with van der Waals surface area (Å²) in [5.74, 6) is 0.463. The first-order valence-corrected chi connectivity index (χ1v) is 6.80. The number of nitrogens with zero attached hydrogens (tertiary/aromatic N) is 3. The Hall–Kier alpha value is -2.07. The van der Waals surface area contributed by atoms with Crippen LogP contribution in [-0.4, -0.2) is 14.5 Å². The van der Waals surface area contributed by atoms with E-state index in [0.29, 0.717) is 11.0 Å². The number of fused-ring (bicyclic) bond motifs is 1. The van der Waals surface area contributed by atoms with Gasteiger partial charge < -0.3 is 5.73 Å². The number of hydrogen-bond donors (Lipinski definition) is 1. The maximum Gasteiger partial charge on any atom is 0.203 e. The highest BCUT2D eigenvalue weighted by Gasteiger charge is 2.16. The zero-order valence-electron chi connectivity index (χ0n) is 11.3. The number of benzene rings is 1. The van der Waals surface area contributed by atoms with E-state index in [1.807, 2.05) is 47.9 Å². The van der Waals surface area contributed by atoms with Crippen molar-refractivity contribution >= 4 is 28.7 Å². The lowest BCUT2D eigenvalue weighted by molar-refractivity contribution is 0.662. The van der Waals surface area contributed by atoms with E-state index in [4.69, 9.17) is 17.3 Å². The monoisotopic (exact) mass is 286 g/mol. The number of imidazole rings is 1. The molecule has 0 aliphatic carbocycles. The molecule has 2 heterocycles. The summed E-state index contributed by atoms with van der Waals surface area (Å²) in [6.45, 7) is 4.02. The third-order valence-corrected chi connectivity index (χ3v) is 3.66. The lowest BCUT2D eigenvalue weighted by Gasteiger charge is -2.16. The second kappa shape index (κ2) is 4.80. The molecular formula is C15H15ClN4. The fourth-order valence-corrected chi connectivity index (χ4v) is 2.58. The molecule has 0 bridgehead atoms. The molecule has 2 aromatic heterocycles. The average Bonchev–Trinajstić information content (AvgIpc) is 2.73. The van der Waals surface area contributed by atoms with Crippen molar-refractivity contribution in [3.8, 4) is 0 Å². The van der Waals surface area contributed by atoms with Crippen molar-refractivity contribution in [2.75, 3.05) is 5.73 Å². The van der Waals surface area contributed by atoms with E-state index in [9.17, 15) is 0 Å². The van der Waals surface area contributed by atoms with Crippen molar-refractivity contribution in [1.29, 1.82) is 0 Å². The van der Waals surface area contributed by atoms with Gasteiger partial charge >= 0.3 is 0 Å². The highest BCUT2D eigenvalue weighted by atomic mass is 35.5. The molecule has 0 saturated heterocycles. The Morgan fingerprint density at radius 3 is 2.75 bits per heavy atom. The van der Waals surface area contributed by atoms with Crippen LogP contribution >= 0.6 is 11.6 Å². The lowest BCUT2D eigenvalue weighted by atomic mass is 10.1. The van der Waals surface area contributed by atoms with Gasteiger partial charge in [0.2, 0.25) is 5.95 Å². The molecule has 0 aliphatic rings. The molecule has 0 fully saturated rings. The van der Waals surface area contributed by atoms with Crippen LogP contribution in [0.4, 0.5) is 5.95 Å². The van der Waals surface area contributed by atoms with Gasteiger partial charge in [0.05, 0.1) is 6.04 Å². The van der Waals surface area contributed by atoms with Crippen LogP contribution in [0.2, 0.25) is 5.02 Å². The third-order valence-electron chi connectivity index (χ3n) is 3.42. The number of aryl methyl sites for hydroxylation is 1. The molecule has 4 nitrogen and oxygen atoms in total. The number of rotatable bonds is 2. The first-order chi connectivity index (χ1) is 9.56. The smallest absolute Gasteiger partial charge is 0.203 e. The molecule has 1 atom stereocenters. The predicted octanol–water partition coefficient (Wildman–Crippen LogP) is 3.58. The van der Waals surface area contributed by atoms with Gasteiger partial charge in [-0.05, 0) is 43.7 Å². The molecule has 0 amide bonds. The summed E-state index contributed by atoms with van der Waals surface area (Å²) in [6.07, 6.45) is 0. The molecule has 0 radical (unpaired) electrons. The molecule has 2 N–H and O–H groups in total. The number of aromatic nitrogens is 3. The van der Waals surface area contributed by atoms with Crippen molar-refractivity contribution in [2.24, 2.45) is 0 Å². The minimum absolute atomic E-state index is 0.0213. The summed E-state index contributed by atoms with van der Waals surface area (Å²) in [6, 6.07) is 11.6. The highest BCUT2D eigenvalue weighted by molar-refractivity contribution is 6.30. The van der Waals surface area contributed by atoms with E-state index in [-0.39, 0.29) is 6.04 Å². The van der Waals surface area contributed by atoms with Crippen molar-refractivity contribution in [1.82, 2.24) is 14.5 Å². The van der Waals surface area contributed by atoms with Crippen LogP contribution in [-0.2, 0) is 0 Å². The lowest BCUT2D eigenvalue weighted by Crippen LogP contribution is -2.11. The summed E-state index contributed by atoms with van der Waals surface area (Å²) in [7, 11) is 0. The molecule has 1 aromatic carbocycles. The van der Waals surface area contributed by atoms with Gasteiger partial charge in [-0.3, -0.25) is 4.57 Å². The standard InChI is InChI=1S/C15H15ClN4/c1-9-6-7-13-14(18-9)20(15(17)19-13)10(2)11-4-3-5-12(16)8-11/h3-8,10H,1-2H3,(H2,17,19). The van der Waals surface area contributed by atoms with Crippen LogP contribution in [0.15, 0.2) is 36.4 Å². The first kappa shape index (κ1) is 12.9. The minimum Gasteiger partial charge on any atom is -0.369 e. The fraction of sp³-hybridized carbons (Fsp3) is 0.200.